The summed E-state index contributed by atoms with van der Waals surface area (Å²) in [5.41, 5.74) is 0.0433. The summed E-state index contributed by atoms with van der Waals surface area (Å²) < 4.78 is 36.0. The van der Waals surface area contributed by atoms with Crippen LogP contribution in [-0.2, 0) is 0 Å². The smallest absolute Gasteiger partial charge is 0.292 e. The Morgan fingerprint density at radius 3 is 2.67 bits per heavy atom. The average Bonchev–Trinajstić information content (AvgIpc) is 2.14. The number of hydrogen-bond acceptors (Lipinski definition) is 2. The molecule has 0 aliphatic rings. The van der Waals surface area contributed by atoms with Crippen molar-refractivity contribution in [1.29, 1.82) is 0 Å². The van der Waals surface area contributed by atoms with Crippen LogP contribution in [0.5, 0.6) is 0 Å². The molecule has 0 saturated heterocycles. The van der Waals surface area contributed by atoms with Gasteiger partial charge < -0.3 is 0 Å². The van der Waals surface area contributed by atoms with E-state index in [0.717, 1.165) is 0 Å². The van der Waals surface area contributed by atoms with Crippen LogP contribution >= 0.6 is 15.9 Å². The third-order valence-electron chi connectivity index (χ3n) is 1.66. The minimum atomic E-state index is -4.31. The van der Waals surface area contributed by atoms with Gasteiger partial charge in [-0.2, -0.15) is 13.2 Å². The predicted octanol–water partition coefficient (Wildman–Crippen LogP) is 3.37. The van der Waals surface area contributed by atoms with Crippen molar-refractivity contribution < 1.29 is 18.0 Å². The van der Waals surface area contributed by atoms with Crippen LogP contribution in [0.2, 0.25) is 0 Å². The molecule has 0 aromatic carbocycles. The van der Waals surface area contributed by atoms with E-state index in [4.69, 9.17) is 0 Å². The summed E-state index contributed by atoms with van der Waals surface area (Å²) in [4.78, 5) is 15.0. The van der Waals surface area contributed by atoms with Gasteiger partial charge in [0.2, 0.25) is 0 Å². The van der Waals surface area contributed by atoms with Crippen molar-refractivity contribution >= 4 is 21.7 Å². The second-order valence-electron chi connectivity index (χ2n) is 2.87. The number of rotatable bonds is 3. The molecular weight excluding hydrogens is 275 g/mol. The fourth-order valence-corrected chi connectivity index (χ4v) is 1.44. The van der Waals surface area contributed by atoms with E-state index >= 15 is 0 Å². The molecule has 0 radical (unpaired) electrons. The summed E-state index contributed by atoms with van der Waals surface area (Å²) in [6, 6.07) is 3.15. The van der Waals surface area contributed by atoms with Crippen molar-refractivity contribution in [1.82, 2.24) is 4.98 Å². The predicted molar refractivity (Wildman–Crippen MR) is 51.6 cm³/mol. The van der Waals surface area contributed by atoms with Crippen molar-refractivity contribution in [2.45, 2.75) is 19.0 Å². The van der Waals surface area contributed by atoms with Crippen molar-refractivity contribution in [3.63, 3.8) is 0 Å². The van der Waals surface area contributed by atoms with E-state index in [1.165, 1.54) is 6.20 Å². The maximum Gasteiger partial charge on any atom is 0.389 e. The molecule has 0 bridgehead atoms. The van der Waals surface area contributed by atoms with Crippen LogP contribution in [-0.4, -0.2) is 16.9 Å². The largest absolute Gasteiger partial charge is 0.389 e. The lowest BCUT2D eigenvalue weighted by Crippen LogP contribution is -2.12. The highest BCUT2D eigenvalue weighted by Gasteiger charge is 2.28. The van der Waals surface area contributed by atoms with Crippen LogP contribution in [0.3, 0.4) is 0 Å². The third-order valence-corrected chi connectivity index (χ3v) is 2.30. The number of carbonyl (C=O) groups is 1. The summed E-state index contributed by atoms with van der Waals surface area (Å²) in [7, 11) is 0. The topological polar surface area (TPSA) is 30.0 Å². The minimum absolute atomic E-state index is 0.0433. The molecule has 0 atom stereocenters. The summed E-state index contributed by atoms with van der Waals surface area (Å²) in [5, 5.41) is 0. The Morgan fingerprint density at radius 1 is 1.47 bits per heavy atom. The standard InChI is InChI=1S/C9H7BrF3NO/c10-6-2-1-5-14-8(6)7(15)3-4-9(11,12)13/h1-2,5H,3-4H2. The summed E-state index contributed by atoms with van der Waals surface area (Å²) in [5.74, 6) is -0.611. The summed E-state index contributed by atoms with van der Waals surface area (Å²) in [6.07, 6.45) is -4.63. The number of carbonyl (C=O) groups excluding carboxylic acids is 1. The van der Waals surface area contributed by atoms with Gasteiger partial charge in [0.1, 0.15) is 5.69 Å². The van der Waals surface area contributed by atoms with Crippen LogP contribution in [0, 0.1) is 0 Å². The first-order valence-electron chi connectivity index (χ1n) is 4.10. The first kappa shape index (κ1) is 12.2. The van der Waals surface area contributed by atoms with E-state index in [2.05, 4.69) is 20.9 Å². The van der Waals surface area contributed by atoms with E-state index in [0.29, 0.717) is 4.47 Å². The number of halogens is 4. The van der Waals surface area contributed by atoms with E-state index < -0.39 is 24.8 Å². The number of Topliss-reactive ketones (excluding diaryl/α,β-unsaturated/α-hetero) is 1. The number of alkyl halides is 3. The van der Waals surface area contributed by atoms with Crippen molar-refractivity contribution in [3.05, 3.63) is 28.5 Å². The highest BCUT2D eigenvalue weighted by Crippen LogP contribution is 2.23. The Kier molecular flexibility index (Phi) is 3.84. The molecule has 6 heteroatoms. The molecule has 15 heavy (non-hydrogen) atoms. The number of aromatic nitrogens is 1. The summed E-state index contributed by atoms with van der Waals surface area (Å²) >= 11 is 3.05. The van der Waals surface area contributed by atoms with E-state index in [-0.39, 0.29) is 5.69 Å². The SMILES string of the molecule is O=C(CCC(F)(F)F)c1ncccc1Br. The van der Waals surface area contributed by atoms with Gasteiger partial charge in [-0.15, -0.1) is 0 Å². The normalized spacial score (nSPS) is 11.5. The van der Waals surface area contributed by atoms with Gasteiger partial charge in [-0.25, -0.2) is 0 Å². The zero-order valence-electron chi connectivity index (χ0n) is 7.51. The van der Waals surface area contributed by atoms with E-state index in [1.807, 2.05) is 0 Å². The Morgan fingerprint density at radius 2 is 2.13 bits per heavy atom. The van der Waals surface area contributed by atoms with Crippen LogP contribution in [0.1, 0.15) is 23.3 Å². The zero-order valence-corrected chi connectivity index (χ0v) is 9.10. The third kappa shape index (κ3) is 3.99. The van der Waals surface area contributed by atoms with Crippen LogP contribution < -0.4 is 0 Å². The van der Waals surface area contributed by atoms with E-state index in [1.54, 1.807) is 12.1 Å². The van der Waals surface area contributed by atoms with Gasteiger partial charge in [-0.05, 0) is 28.1 Å². The average molecular weight is 282 g/mol. The lowest BCUT2D eigenvalue weighted by molar-refractivity contribution is -0.133. The number of hydrogen-bond donors (Lipinski definition) is 0. The molecule has 2 nitrogen and oxygen atoms in total. The lowest BCUT2D eigenvalue weighted by Gasteiger charge is -2.05. The second kappa shape index (κ2) is 4.74. The maximum absolute atomic E-state index is 11.8. The quantitative estimate of drug-likeness (QED) is 0.795. The van der Waals surface area contributed by atoms with Gasteiger partial charge in [-0.3, -0.25) is 9.78 Å². The van der Waals surface area contributed by atoms with Crippen molar-refractivity contribution in [3.8, 4) is 0 Å². The molecule has 82 valence electrons. The van der Waals surface area contributed by atoms with E-state index in [9.17, 15) is 18.0 Å². The van der Waals surface area contributed by atoms with Gasteiger partial charge in [0.25, 0.3) is 0 Å². The Balaban J connectivity index is 2.66. The first-order valence-corrected chi connectivity index (χ1v) is 4.90. The highest BCUT2D eigenvalue weighted by molar-refractivity contribution is 9.10. The molecule has 0 fully saturated rings. The van der Waals surface area contributed by atoms with Gasteiger partial charge in [-0.1, -0.05) is 0 Å². The molecule has 0 aliphatic carbocycles. The summed E-state index contributed by atoms with van der Waals surface area (Å²) in [6.45, 7) is 0. The molecule has 0 saturated carbocycles. The van der Waals surface area contributed by atoms with Gasteiger partial charge in [0, 0.05) is 17.1 Å². The molecular formula is C9H7BrF3NO. The van der Waals surface area contributed by atoms with Gasteiger partial charge in [0.05, 0.1) is 6.42 Å². The maximum atomic E-state index is 11.8. The molecule has 0 N–H and O–H groups in total. The number of pyridine rings is 1. The van der Waals surface area contributed by atoms with Crippen LogP contribution in [0.4, 0.5) is 13.2 Å². The first-order chi connectivity index (χ1) is 6.90. The Labute approximate surface area is 92.6 Å². The monoisotopic (exact) mass is 281 g/mol. The van der Waals surface area contributed by atoms with Gasteiger partial charge >= 0.3 is 6.18 Å². The van der Waals surface area contributed by atoms with Crippen LogP contribution in [0.15, 0.2) is 22.8 Å². The van der Waals surface area contributed by atoms with Crippen LogP contribution in [0.25, 0.3) is 0 Å². The van der Waals surface area contributed by atoms with Crippen molar-refractivity contribution in [2.75, 3.05) is 0 Å². The molecule has 0 aliphatic heterocycles. The second-order valence-corrected chi connectivity index (χ2v) is 3.73. The molecule has 0 spiro atoms. The molecule has 1 aromatic rings. The van der Waals surface area contributed by atoms with Crippen molar-refractivity contribution in [2.24, 2.45) is 0 Å². The number of nitrogens with zero attached hydrogens (tertiary/aromatic N) is 1. The molecule has 1 rings (SSSR count). The zero-order chi connectivity index (χ0) is 11.5. The number of ketones is 1. The van der Waals surface area contributed by atoms with Gasteiger partial charge in [0.15, 0.2) is 5.78 Å². The highest BCUT2D eigenvalue weighted by atomic mass is 79.9. The fraction of sp³-hybridized carbons (Fsp3) is 0.333. The fourth-order valence-electron chi connectivity index (χ4n) is 0.965. The Hall–Kier alpha value is -0.910. The molecule has 1 aromatic heterocycles. The molecule has 0 amide bonds. The molecule has 1 heterocycles. The Bertz CT molecular complexity index is 365. The molecule has 0 unspecified atom stereocenters. The minimum Gasteiger partial charge on any atom is -0.292 e. The lowest BCUT2D eigenvalue weighted by atomic mass is 10.1.